The summed E-state index contributed by atoms with van der Waals surface area (Å²) in [6, 6.07) is 0. The van der Waals surface area contributed by atoms with Crippen molar-refractivity contribution in [3.8, 4) is 0 Å². The minimum absolute atomic E-state index is 0.0260. The zero-order valence-electron chi connectivity index (χ0n) is 8.05. The Morgan fingerprint density at radius 1 is 1.50 bits per heavy atom. The number of epoxide rings is 1. The van der Waals surface area contributed by atoms with Crippen molar-refractivity contribution < 1.29 is 19.4 Å². The van der Waals surface area contributed by atoms with Crippen molar-refractivity contribution in [3.63, 3.8) is 0 Å². The molecule has 0 aliphatic carbocycles. The lowest BCUT2D eigenvalue weighted by Gasteiger charge is -2.13. The number of esters is 1. The Labute approximate surface area is 82.5 Å². The maximum Gasteiger partial charge on any atom is 0.309 e. The fraction of sp³-hybridized carbons (Fsp3) is 0.700. The van der Waals surface area contributed by atoms with Crippen LogP contribution in [-0.2, 0) is 14.3 Å². The highest BCUT2D eigenvalue weighted by atomic mass is 16.6. The van der Waals surface area contributed by atoms with Gasteiger partial charge in [-0.05, 0) is 6.92 Å². The number of fused-ring (bicyclic) bond motifs is 1. The van der Waals surface area contributed by atoms with Crippen LogP contribution >= 0.6 is 0 Å². The molecule has 1 saturated heterocycles. The molecule has 0 spiro atoms. The van der Waals surface area contributed by atoms with Gasteiger partial charge in [0.2, 0.25) is 0 Å². The second-order valence-electron chi connectivity index (χ2n) is 3.83. The number of aliphatic hydroxyl groups excluding tert-OH is 1. The lowest BCUT2D eigenvalue weighted by atomic mass is 10.1. The predicted octanol–water partition coefficient (Wildman–Crippen LogP) is 0.396. The summed E-state index contributed by atoms with van der Waals surface area (Å²) < 4.78 is 10.4. The molecule has 78 valence electrons. The van der Waals surface area contributed by atoms with Crippen LogP contribution in [0.5, 0.6) is 0 Å². The van der Waals surface area contributed by atoms with E-state index in [1.54, 1.807) is 6.08 Å². The van der Waals surface area contributed by atoms with Crippen LogP contribution in [0.25, 0.3) is 0 Å². The molecular weight excluding hydrogens is 184 g/mol. The third-order valence-electron chi connectivity index (χ3n) is 2.42. The molecule has 0 radical (unpaired) electrons. The summed E-state index contributed by atoms with van der Waals surface area (Å²) in [4.78, 5) is 11.2. The summed E-state index contributed by atoms with van der Waals surface area (Å²) in [6.07, 6.45) is 3.55. The molecule has 2 heterocycles. The number of hydrogen-bond acceptors (Lipinski definition) is 4. The van der Waals surface area contributed by atoms with Gasteiger partial charge in [-0.15, -0.1) is 0 Å². The second kappa shape index (κ2) is 3.71. The van der Waals surface area contributed by atoms with Gasteiger partial charge in [-0.25, -0.2) is 0 Å². The van der Waals surface area contributed by atoms with E-state index in [4.69, 9.17) is 9.47 Å². The summed E-state index contributed by atoms with van der Waals surface area (Å²) in [5, 5.41) is 9.38. The second-order valence-corrected chi connectivity index (χ2v) is 3.83. The highest BCUT2D eigenvalue weighted by Gasteiger charge is 2.38. The van der Waals surface area contributed by atoms with Gasteiger partial charge >= 0.3 is 5.97 Å². The van der Waals surface area contributed by atoms with Crippen LogP contribution in [0.3, 0.4) is 0 Å². The van der Waals surface area contributed by atoms with Gasteiger partial charge in [-0.1, -0.05) is 12.2 Å². The molecule has 0 bridgehead atoms. The number of hydrogen-bond donors (Lipinski definition) is 1. The molecule has 2 aliphatic rings. The molecule has 14 heavy (non-hydrogen) atoms. The van der Waals surface area contributed by atoms with Crippen LogP contribution in [0.15, 0.2) is 12.2 Å². The molecule has 0 aromatic carbocycles. The molecular formula is C10H14O4. The van der Waals surface area contributed by atoms with Gasteiger partial charge in [-0.2, -0.15) is 0 Å². The Bertz CT molecular complexity index is 261. The molecule has 4 atom stereocenters. The van der Waals surface area contributed by atoms with Crippen LogP contribution < -0.4 is 0 Å². The Hall–Kier alpha value is -0.870. The number of aliphatic hydroxyl groups is 1. The van der Waals surface area contributed by atoms with E-state index in [1.165, 1.54) is 0 Å². The van der Waals surface area contributed by atoms with Crippen molar-refractivity contribution in [2.24, 2.45) is 0 Å². The van der Waals surface area contributed by atoms with Gasteiger partial charge in [0.05, 0.1) is 18.6 Å². The third kappa shape index (κ3) is 2.33. The van der Waals surface area contributed by atoms with E-state index in [0.717, 1.165) is 6.42 Å². The highest BCUT2D eigenvalue weighted by molar-refractivity contribution is 5.70. The normalized spacial score (nSPS) is 42.6. The first-order valence-corrected chi connectivity index (χ1v) is 4.86. The molecule has 2 rings (SSSR count). The zero-order valence-corrected chi connectivity index (χ0v) is 8.05. The van der Waals surface area contributed by atoms with E-state index in [9.17, 15) is 9.90 Å². The number of rotatable bonds is 0. The van der Waals surface area contributed by atoms with Gasteiger partial charge in [-0.3, -0.25) is 4.79 Å². The number of cyclic esters (lactones) is 1. The van der Waals surface area contributed by atoms with Crippen LogP contribution in [0.4, 0.5) is 0 Å². The van der Waals surface area contributed by atoms with Crippen LogP contribution in [0, 0.1) is 0 Å². The van der Waals surface area contributed by atoms with E-state index in [-0.39, 0.29) is 30.7 Å². The maximum absolute atomic E-state index is 11.2. The largest absolute Gasteiger partial charge is 0.462 e. The summed E-state index contributed by atoms with van der Waals surface area (Å²) in [6.45, 7) is 1.84. The molecule has 0 unspecified atom stereocenters. The topological polar surface area (TPSA) is 59.1 Å². The van der Waals surface area contributed by atoms with E-state index in [1.807, 2.05) is 13.0 Å². The average Bonchev–Trinajstić information content (AvgIpc) is 2.78. The van der Waals surface area contributed by atoms with E-state index in [2.05, 4.69) is 0 Å². The molecule has 1 fully saturated rings. The van der Waals surface area contributed by atoms with Crippen molar-refractivity contribution in [1.82, 2.24) is 0 Å². The van der Waals surface area contributed by atoms with Gasteiger partial charge in [0.1, 0.15) is 12.2 Å². The summed E-state index contributed by atoms with van der Waals surface area (Å²) in [5.74, 6) is -0.353. The van der Waals surface area contributed by atoms with Gasteiger partial charge in [0, 0.05) is 6.42 Å². The molecule has 4 heteroatoms. The van der Waals surface area contributed by atoms with Crippen LogP contribution in [0.1, 0.15) is 19.8 Å². The number of carbonyl (C=O) groups excluding carboxylic acids is 1. The SMILES string of the molecule is C[C@H]1C[C@H]2O[C@H]2C=C[C@@H](O)CC(=O)O1. The Morgan fingerprint density at radius 3 is 3.07 bits per heavy atom. The maximum atomic E-state index is 11.2. The summed E-state index contributed by atoms with van der Waals surface area (Å²) in [7, 11) is 0. The quantitative estimate of drug-likeness (QED) is 0.347. The molecule has 0 aromatic rings. The molecule has 2 aliphatic heterocycles. The predicted molar refractivity (Wildman–Crippen MR) is 48.6 cm³/mol. The van der Waals surface area contributed by atoms with E-state index < -0.39 is 6.10 Å². The number of carbonyl (C=O) groups is 1. The Kier molecular flexibility index (Phi) is 2.56. The Morgan fingerprint density at radius 2 is 2.29 bits per heavy atom. The average molecular weight is 198 g/mol. The first kappa shape index (κ1) is 9.68. The number of ether oxygens (including phenoxy) is 2. The fourth-order valence-electron chi connectivity index (χ4n) is 1.64. The van der Waals surface area contributed by atoms with Gasteiger partial charge in [0.25, 0.3) is 0 Å². The van der Waals surface area contributed by atoms with Crippen molar-refractivity contribution in [2.45, 2.75) is 44.2 Å². The fourth-order valence-corrected chi connectivity index (χ4v) is 1.64. The van der Waals surface area contributed by atoms with Crippen molar-refractivity contribution in [1.29, 1.82) is 0 Å². The Balaban J connectivity index is 2.02. The third-order valence-corrected chi connectivity index (χ3v) is 2.42. The molecule has 4 nitrogen and oxygen atoms in total. The molecule has 0 saturated carbocycles. The first-order valence-electron chi connectivity index (χ1n) is 4.86. The molecule has 1 N–H and O–H groups in total. The smallest absolute Gasteiger partial charge is 0.309 e. The minimum atomic E-state index is -0.752. The minimum Gasteiger partial charge on any atom is -0.462 e. The van der Waals surface area contributed by atoms with Crippen molar-refractivity contribution in [3.05, 3.63) is 12.2 Å². The molecule has 0 aromatic heterocycles. The van der Waals surface area contributed by atoms with Gasteiger partial charge < -0.3 is 14.6 Å². The van der Waals surface area contributed by atoms with E-state index in [0.29, 0.717) is 0 Å². The van der Waals surface area contributed by atoms with Crippen LogP contribution in [0.2, 0.25) is 0 Å². The highest BCUT2D eigenvalue weighted by Crippen LogP contribution is 2.29. The monoisotopic (exact) mass is 198 g/mol. The standard InChI is InChI=1S/C10H14O4/c1-6-4-9-8(14-9)3-2-7(11)5-10(12)13-6/h2-3,6-9,11H,4-5H2,1H3/t6-,7+,8-,9+/m0/s1. The van der Waals surface area contributed by atoms with Crippen molar-refractivity contribution >= 4 is 5.97 Å². The zero-order chi connectivity index (χ0) is 10.1. The lowest BCUT2D eigenvalue weighted by molar-refractivity contribution is -0.150. The van der Waals surface area contributed by atoms with Crippen LogP contribution in [-0.4, -0.2) is 35.5 Å². The summed E-state index contributed by atoms with van der Waals surface area (Å²) in [5.41, 5.74) is 0. The van der Waals surface area contributed by atoms with Crippen molar-refractivity contribution in [2.75, 3.05) is 0 Å². The van der Waals surface area contributed by atoms with Gasteiger partial charge in [0.15, 0.2) is 0 Å². The lowest BCUT2D eigenvalue weighted by Crippen LogP contribution is -2.21. The first-order chi connectivity index (χ1) is 6.65. The molecule has 0 amide bonds. The summed E-state index contributed by atoms with van der Waals surface area (Å²) >= 11 is 0. The van der Waals surface area contributed by atoms with E-state index >= 15 is 0 Å².